The fraction of sp³-hybridized carbons (Fsp3) is 0.688. The zero-order valence-electron chi connectivity index (χ0n) is 14.1. The number of tetrazole rings is 1. The minimum Gasteiger partial charge on any atom is -0.304 e. The number of thiophene rings is 1. The van der Waals surface area contributed by atoms with E-state index in [0.717, 1.165) is 45.0 Å². The molecule has 3 rings (SSSR count). The largest absolute Gasteiger partial charge is 0.304 e. The maximum Gasteiger partial charge on any atom is 0.168 e. The molecule has 0 N–H and O–H groups in total. The van der Waals surface area contributed by atoms with E-state index in [1.165, 1.54) is 17.7 Å². The van der Waals surface area contributed by atoms with E-state index in [4.69, 9.17) is 0 Å². The summed E-state index contributed by atoms with van der Waals surface area (Å²) in [6, 6.07) is 4.56. The molecule has 2 aromatic rings. The topological polar surface area (TPSA) is 50.1 Å². The number of rotatable bonds is 7. The van der Waals surface area contributed by atoms with Crippen LogP contribution in [-0.2, 0) is 6.54 Å². The maximum absolute atomic E-state index is 4.40. The molecule has 3 heterocycles. The van der Waals surface area contributed by atoms with Crippen molar-refractivity contribution in [3.8, 4) is 0 Å². The summed E-state index contributed by atoms with van der Waals surface area (Å²) in [5, 5.41) is 14.7. The molecule has 0 spiro atoms. The number of likely N-dealkylation sites (N-methyl/N-ethyl adjacent to an activating group) is 1. The second kappa shape index (κ2) is 7.99. The Kier molecular flexibility index (Phi) is 5.75. The van der Waals surface area contributed by atoms with Gasteiger partial charge in [0.15, 0.2) is 5.82 Å². The van der Waals surface area contributed by atoms with Gasteiger partial charge in [-0.15, -0.1) is 16.4 Å². The molecule has 0 aromatic carbocycles. The first kappa shape index (κ1) is 16.5. The molecule has 1 fully saturated rings. The molecule has 6 nitrogen and oxygen atoms in total. The number of nitrogens with zero attached hydrogens (tertiary/aromatic N) is 6. The first-order chi connectivity index (χ1) is 11.3. The van der Waals surface area contributed by atoms with Gasteiger partial charge in [0.05, 0.1) is 12.6 Å². The monoisotopic (exact) mass is 334 g/mol. The van der Waals surface area contributed by atoms with Gasteiger partial charge in [-0.25, -0.2) is 4.68 Å². The molecule has 0 saturated carbocycles. The molecule has 1 unspecified atom stereocenters. The van der Waals surface area contributed by atoms with E-state index in [-0.39, 0.29) is 0 Å². The van der Waals surface area contributed by atoms with Crippen LogP contribution in [0.25, 0.3) is 0 Å². The van der Waals surface area contributed by atoms with Gasteiger partial charge in [-0.05, 0) is 35.3 Å². The number of piperazine rings is 1. The van der Waals surface area contributed by atoms with Gasteiger partial charge in [0.1, 0.15) is 0 Å². The molecule has 23 heavy (non-hydrogen) atoms. The average molecular weight is 334 g/mol. The van der Waals surface area contributed by atoms with Gasteiger partial charge >= 0.3 is 0 Å². The van der Waals surface area contributed by atoms with Crippen molar-refractivity contribution in [3.63, 3.8) is 0 Å². The molecule has 7 heteroatoms. The Hall–Kier alpha value is -1.31. The quantitative estimate of drug-likeness (QED) is 0.777. The second-order valence-electron chi connectivity index (χ2n) is 6.27. The lowest BCUT2D eigenvalue weighted by atomic mass is 10.1. The third-order valence-corrected chi connectivity index (χ3v) is 5.41. The van der Waals surface area contributed by atoms with Gasteiger partial charge in [0.25, 0.3) is 0 Å². The van der Waals surface area contributed by atoms with Crippen LogP contribution >= 0.6 is 11.3 Å². The van der Waals surface area contributed by atoms with Gasteiger partial charge in [0.2, 0.25) is 0 Å². The standard InChI is InChI=1S/C16H26N6S/c1-3-4-7-15(21-10-8-20(2)9-11-21)16-17-18-19-22(16)13-14-6-5-12-23-14/h5-6,12,15H,3-4,7-11,13H2,1-2H3. The van der Waals surface area contributed by atoms with Crippen molar-refractivity contribution >= 4 is 11.3 Å². The van der Waals surface area contributed by atoms with Crippen LogP contribution in [-0.4, -0.2) is 63.2 Å². The number of hydrogen-bond donors (Lipinski definition) is 0. The fourth-order valence-corrected chi connectivity index (χ4v) is 3.80. The van der Waals surface area contributed by atoms with Crippen molar-refractivity contribution in [3.05, 3.63) is 28.2 Å². The van der Waals surface area contributed by atoms with Crippen LogP contribution in [0.1, 0.15) is 42.9 Å². The van der Waals surface area contributed by atoms with Crippen LogP contribution in [0, 0.1) is 0 Å². The Morgan fingerprint density at radius 1 is 1.26 bits per heavy atom. The normalized spacial score (nSPS) is 18.3. The molecule has 1 saturated heterocycles. The summed E-state index contributed by atoms with van der Waals surface area (Å²) in [6.07, 6.45) is 3.55. The van der Waals surface area contributed by atoms with Crippen molar-refractivity contribution in [1.82, 2.24) is 30.0 Å². The second-order valence-corrected chi connectivity index (χ2v) is 7.30. The fourth-order valence-electron chi connectivity index (χ4n) is 3.12. The zero-order chi connectivity index (χ0) is 16.1. The van der Waals surface area contributed by atoms with Gasteiger partial charge in [-0.3, -0.25) is 4.90 Å². The predicted molar refractivity (Wildman–Crippen MR) is 92.6 cm³/mol. The van der Waals surface area contributed by atoms with Gasteiger partial charge in [0, 0.05) is 31.1 Å². The predicted octanol–water partition coefficient (Wildman–Crippen LogP) is 2.26. The average Bonchev–Trinajstić information content (AvgIpc) is 3.22. The van der Waals surface area contributed by atoms with E-state index >= 15 is 0 Å². The lowest BCUT2D eigenvalue weighted by Crippen LogP contribution is -2.46. The molecule has 126 valence electrons. The Morgan fingerprint density at radius 2 is 2.09 bits per heavy atom. The summed E-state index contributed by atoms with van der Waals surface area (Å²) in [5.74, 6) is 1.02. The van der Waals surface area contributed by atoms with Crippen LogP contribution in [0.15, 0.2) is 17.5 Å². The van der Waals surface area contributed by atoms with E-state index in [1.807, 2.05) is 4.68 Å². The molecular formula is C16H26N6S. The van der Waals surface area contributed by atoms with E-state index in [9.17, 15) is 0 Å². The maximum atomic E-state index is 4.40. The van der Waals surface area contributed by atoms with E-state index < -0.39 is 0 Å². The molecule has 0 radical (unpaired) electrons. The third-order valence-electron chi connectivity index (χ3n) is 4.55. The van der Waals surface area contributed by atoms with Gasteiger partial charge in [-0.2, -0.15) is 0 Å². The molecule has 1 aliphatic heterocycles. The Bertz CT molecular complexity index is 573. The summed E-state index contributed by atoms with van der Waals surface area (Å²) in [4.78, 5) is 6.25. The summed E-state index contributed by atoms with van der Waals surface area (Å²) < 4.78 is 1.99. The smallest absolute Gasteiger partial charge is 0.168 e. The van der Waals surface area contributed by atoms with Crippen molar-refractivity contribution < 1.29 is 0 Å². The summed E-state index contributed by atoms with van der Waals surface area (Å²) in [5.41, 5.74) is 0. The third kappa shape index (κ3) is 4.16. The SMILES string of the molecule is CCCCC(c1nnnn1Cc1cccs1)N1CCN(C)CC1. The lowest BCUT2D eigenvalue weighted by molar-refractivity contribution is 0.0988. The number of hydrogen-bond acceptors (Lipinski definition) is 6. The molecule has 1 aliphatic rings. The summed E-state index contributed by atoms with van der Waals surface area (Å²) in [7, 11) is 2.19. The molecular weight excluding hydrogens is 308 g/mol. The van der Waals surface area contributed by atoms with Crippen LogP contribution in [0.5, 0.6) is 0 Å². The molecule has 0 bridgehead atoms. The van der Waals surface area contributed by atoms with E-state index in [2.05, 4.69) is 56.8 Å². The summed E-state index contributed by atoms with van der Waals surface area (Å²) >= 11 is 1.76. The van der Waals surface area contributed by atoms with Crippen LogP contribution < -0.4 is 0 Å². The first-order valence-corrected chi connectivity index (χ1v) is 9.37. The highest BCUT2D eigenvalue weighted by atomic mass is 32.1. The highest BCUT2D eigenvalue weighted by Gasteiger charge is 2.27. The van der Waals surface area contributed by atoms with Crippen molar-refractivity contribution in [2.45, 2.75) is 38.8 Å². The highest BCUT2D eigenvalue weighted by molar-refractivity contribution is 7.09. The summed E-state index contributed by atoms with van der Waals surface area (Å²) in [6.45, 7) is 7.45. The van der Waals surface area contributed by atoms with E-state index in [1.54, 1.807) is 11.3 Å². The van der Waals surface area contributed by atoms with Crippen molar-refractivity contribution in [2.24, 2.45) is 0 Å². The number of aromatic nitrogens is 4. The van der Waals surface area contributed by atoms with Crippen LogP contribution in [0.3, 0.4) is 0 Å². The van der Waals surface area contributed by atoms with Crippen molar-refractivity contribution in [1.29, 1.82) is 0 Å². The number of unbranched alkanes of at least 4 members (excludes halogenated alkanes) is 1. The molecule has 0 amide bonds. The molecule has 0 aliphatic carbocycles. The Balaban J connectivity index is 1.77. The zero-order valence-corrected chi connectivity index (χ0v) is 14.9. The Labute approximate surface area is 142 Å². The van der Waals surface area contributed by atoms with Crippen LogP contribution in [0.2, 0.25) is 0 Å². The van der Waals surface area contributed by atoms with E-state index in [0.29, 0.717) is 6.04 Å². The highest BCUT2D eigenvalue weighted by Crippen LogP contribution is 2.26. The van der Waals surface area contributed by atoms with Crippen LogP contribution in [0.4, 0.5) is 0 Å². The molecule has 2 aromatic heterocycles. The minimum atomic E-state index is 0.332. The van der Waals surface area contributed by atoms with Gasteiger partial charge in [-0.1, -0.05) is 25.8 Å². The Morgan fingerprint density at radius 3 is 2.78 bits per heavy atom. The van der Waals surface area contributed by atoms with Crippen molar-refractivity contribution in [2.75, 3.05) is 33.2 Å². The minimum absolute atomic E-state index is 0.332. The first-order valence-electron chi connectivity index (χ1n) is 8.49. The lowest BCUT2D eigenvalue weighted by Gasteiger charge is -2.37. The van der Waals surface area contributed by atoms with Gasteiger partial charge < -0.3 is 4.90 Å². The molecule has 1 atom stereocenters.